The Morgan fingerprint density at radius 3 is 2.67 bits per heavy atom. The molecule has 0 saturated heterocycles. The fraction of sp³-hybridized carbons (Fsp3) is 0.222. The number of carbonyl (C=O) groups excluding carboxylic acids is 1. The molecule has 0 bridgehead atoms. The summed E-state index contributed by atoms with van der Waals surface area (Å²) in [6.07, 6.45) is 0. The molecule has 0 aliphatic rings. The summed E-state index contributed by atoms with van der Waals surface area (Å²) in [6.45, 7) is 2.93. The summed E-state index contributed by atoms with van der Waals surface area (Å²) < 4.78 is 1.68. The van der Waals surface area contributed by atoms with Gasteiger partial charge in [-0.15, -0.1) is 11.3 Å². The van der Waals surface area contributed by atoms with Crippen LogP contribution in [-0.4, -0.2) is 27.6 Å². The summed E-state index contributed by atoms with van der Waals surface area (Å²) in [7, 11) is 1.78. The lowest BCUT2D eigenvalue weighted by Gasteiger charge is -2.16. The Morgan fingerprint density at radius 2 is 2.00 bits per heavy atom. The maximum atomic E-state index is 12.8. The Hall–Kier alpha value is -2.11. The number of aryl methyl sites for hydroxylation is 1. The van der Waals surface area contributed by atoms with Crippen molar-refractivity contribution in [3.63, 3.8) is 0 Å². The van der Waals surface area contributed by atoms with E-state index in [-0.39, 0.29) is 5.91 Å². The quantitative estimate of drug-likeness (QED) is 0.683. The molecule has 0 aliphatic carbocycles. The normalized spacial score (nSPS) is 10.8. The van der Waals surface area contributed by atoms with E-state index in [9.17, 15) is 4.79 Å². The van der Waals surface area contributed by atoms with E-state index in [2.05, 4.69) is 5.10 Å². The smallest absolute Gasteiger partial charge is 0.258 e. The lowest BCUT2D eigenvalue weighted by molar-refractivity contribution is 0.0786. The van der Waals surface area contributed by atoms with E-state index >= 15 is 0 Å². The molecule has 1 aromatic carbocycles. The molecule has 4 nitrogen and oxygen atoms in total. The van der Waals surface area contributed by atoms with Crippen LogP contribution in [0.2, 0.25) is 5.15 Å². The van der Waals surface area contributed by atoms with Gasteiger partial charge in [-0.05, 0) is 23.9 Å². The molecule has 0 radical (unpaired) electrons. The van der Waals surface area contributed by atoms with Crippen molar-refractivity contribution >= 4 is 28.8 Å². The van der Waals surface area contributed by atoms with Crippen LogP contribution >= 0.6 is 22.9 Å². The second-order valence-corrected chi connectivity index (χ2v) is 7.03. The van der Waals surface area contributed by atoms with Crippen LogP contribution in [0.5, 0.6) is 0 Å². The Labute approximate surface area is 150 Å². The third-order valence-electron chi connectivity index (χ3n) is 3.77. The van der Waals surface area contributed by atoms with E-state index in [4.69, 9.17) is 11.6 Å². The highest BCUT2D eigenvalue weighted by atomic mass is 35.5. The average molecular weight is 360 g/mol. The summed E-state index contributed by atoms with van der Waals surface area (Å²) in [5, 5.41) is 6.84. The second kappa shape index (κ2) is 7.20. The summed E-state index contributed by atoms with van der Waals surface area (Å²) in [4.78, 5) is 15.6. The molecule has 0 atom stereocenters. The first-order valence-corrected chi connectivity index (χ1v) is 8.86. The minimum Gasteiger partial charge on any atom is -0.336 e. The zero-order chi connectivity index (χ0) is 17.1. The molecule has 0 N–H and O–H groups in total. The molecule has 0 aliphatic heterocycles. The summed E-state index contributed by atoms with van der Waals surface area (Å²) in [5.41, 5.74) is 2.22. The molecule has 24 heavy (non-hydrogen) atoms. The molecular weight excluding hydrogens is 342 g/mol. The summed E-state index contributed by atoms with van der Waals surface area (Å²) >= 11 is 8.09. The molecule has 0 fully saturated rings. The number of nitrogens with zero attached hydrogens (tertiary/aromatic N) is 3. The van der Waals surface area contributed by atoms with Crippen molar-refractivity contribution in [3.8, 4) is 0 Å². The third kappa shape index (κ3) is 3.52. The van der Waals surface area contributed by atoms with Gasteiger partial charge in [0.1, 0.15) is 5.15 Å². The molecule has 2 aromatic heterocycles. The van der Waals surface area contributed by atoms with E-state index in [1.165, 1.54) is 0 Å². The Morgan fingerprint density at radius 1 is 1.25 bits per heavy atom. The number of hydrogen-bond acceptors (Lipinski definition) is 3. The predicted octanol–water partition coefficient (Wildman–Crippen LogP) is 4.23. The van der Waals surface area contributed by atoms with E-state index in [0.717, 1.165) is 10.4 Å². The van der Waals surface area contributed by atoms with Gasteiger partial charge < -0.3 is 4.90 Å². The van der Waals surface area contributed by atoms with Crippen molar-refractivity contribution in [2.24, 2.45) is 0 Å². The maximum absolute atomic E-state index is 12.8. The molecule has 6 heteroatoms. The third-order valence-corrected chi connectivity index (χ3v) is 5.02. The Balaban J connectivity index is 1.81. The van der Waals surface area contributed by atoms with Crippen LogP contribution in [0.25, 0.3) is 0 Å². The fourth-order valence-corrected chi connectivity index (χ4v) is 3.63. The maximum Gasteiger partial charge on any atom is 0.258 e. The lowest BCUT2D eigenvalue weighted by atomic mass is 10.2. The van der Waals surface area contributed by atoms with Crippen LogP contribution in [0, 0.1) is 6.92 Å². The summed E-state index contributed by atoms with van der Waals surface area (Å²) in [5.74, 6) is -0.106. The molecule has 0 saturated carbocycles. The number of aromatic nitrogens is 2. The zero-order valence-corrected chi connectivity index (χ0v) is 15.1. The number of rotatable bonds is 5. The topological polar surface area (TPSA) is 38.1 Å². The number of thiophene rings is 1. The molecule has 0 spiro atoms. The van der Waals surface area contributed by atoms with Crippen LogP contribution in [0.1, 0.15) is 26.5 Å². The van der Waals surface area contributed by atoms with Gasteiger partial charge in [0.05, 0.1) is 24.3 Å². The number of hydrogen-bond donors (Lipinski definition) is 0. The van der Waals surface area contributed by atoms with Crippen molar-refractivity contribution < 1.29 is 4.79 Å². The van der Waals surface area contributed by atoms with E-state index < -0.39 is 0 Å². The van der Waals surface area contributed by atoms with Crippen molar-refractivity contribution in [1.82, 2.24) is 14.7 Å². The summed E-state index contributed by atoms with van der Waals surface area (Å²) in [6, 6.07) is 13.9. The van der Waals surface area contributed by atoms with Gasteiger partial charge in [0.2, 0.25) is 0 Å². The van der Waals surface area contributed by atoms with Gasteiger partial charge in [-0.1, -0.05) is 48.0 Å². The first-order valence-electron chi connectivity index (χ1n) is 7.61. The highest BCUT2D eigenvalue weighted by Crippen LogP contribution is 2.23. The van der Waals surface area contributed by atoms with Crippen LogP contribution in [0.15, 0.2) is 47.8 Å². The Kier molecular flexibility index (Phi) is 5.02. The van der Waals surface area contributed by atoms with Gasteiger partial charge in [0, 0.05) is 11.9 Å². The minimum atomic E-state index is -0.106. The van der Waals surface area contributed by atoms with Gasteiger partial charge >= 0.3 is 0 Å². The van der Waals surface area contributed by atoms with Gasteiger partial charge in [-0.25, -0.2) is 4.68 Å². The monoisotopic (exact) mass is 359 g/mol. The predicted molar refractivity (Wildman–Crippen MR) is 97.6 cm³/mol. The van der Waals surface area contributed by atoms with Crippen LogP contribution < -0.4 is 0 Å². The molecule has 124 valence electrons. The highest BCUT2D eigenvalue weighted by molar-refractivity contribution is 7.09. The largest absolute Gasteiger partial charge is 0.336 e. The molecule has 2 heterocycles. The molecular formula is C18H18ClN3OS. The number of carbonyl (C=O) groups is 1. The van der Waals surface area contributed by atoms with Gasteiger partial charge in [0.25, 0.3) is 5.91 Å². The van der Waals surface area contributed by atoms with Gasteiger partial charge in [0.15, 0.2) is 0 Å². The van der Waals surface area contributed by atoms with Crippen LogP contribution in [-0.2, 0) is 13.1 Å². The van der Waals surface area contributed by atoms with Crippen molar-refractivity contribution in [1.29, 1.82) is 0 Å². The first kappa shape index (κ1) is 16.7. The average Bonchev–Trinajstić information content (AvgIpc) is 3.16. The minimum absolute atomic E-state index is 0.106. The van der Waals surface area contributed by atoms with E-state index in [1.807, 2.05) is 54.8 Å². The number of benzene rings is 1. The number of amides is 1. The second-order valence-electron chi connectivity index (χ2n) is 5.64. The Bertz CT molecular complexity index is 828. The van der Waals surface area contributed by atoms with Crippen LogP contribution in [0.4, 0.5) is 0 Å². The SMILES string of the molecule is Cc1nn(Cc2ccccc2)c(Cl)c1C(=O)N(C)Cc1cccs1. The van der Waals surface area contributed by atoms with E-state index in [1.54, 1.807) is 28.0 Å². The van der Waals surface area contributed by atoms with Crippen LogP contribution in [0.3, 0.4) is 0 Å². The van der Waals surface area contributed by atoms with Crippen molar-refractivity contribution in [3.05, 3.63) is 74.7 Å². The first-order chi connectivity index (χ1) is 11.6. The number of halogens is 1. The molecule has 1 amide bonds. The van der Waals surface area contributed by atoms with Crippen molar-refractivity contribution in [2.75, 3.05) is 7.05 Å². The van der Waals surface area contributed by atoms with Gasteiger partial charge in [-0.3, -0.25) is 4.79 Å². The fourth-order valence-electron chi connectivity index (χ4n) is 2.56. The highest BCUT2D eigenvalue weighted by Gasteiger charge is 2.23. The molecule has 3 aromatic rings. The zero-order valence-electron chi connectivity index (χ0n) is 13.6. The molecule has 0 unspecified atom stereocenters. The van der Waals surface area contributed by atoms with E-state index in [0.29, 0.717) is 29.5 Å². The lowest BCUT2D eigenvalue weighted by Crippen LogP contribution is -2.26. The molecule has 3 rings (SSSR count). The van der Waals surface area contributed by atoms with Gasteiger partial charge in [-0.2, -0.15) is 5.10 Å². The standard InChI is InChI=1S/C18H18ClN3OS/c1-13-16(18(23)21(2)12-15-9-6-10-24-15)17(19)22(20-13)11-14-7-4-3-5-8-14/h3-10H,11-12H2,1-2H3. The van der Waals surface area contributed by atoms with Crippen molar-refractivity contribution in [2.45, 2.75) is 20.0 Å².